The lowest BCUT2D eigenvalue weighted by atomic mass is 10.2. The topological polar surface area (TPSA) is 72.2 Å². The molecule has 0 bridgehead atoms. The molecule has 2 aromatic heterocycles. The molecular weight excluding hydrogens is 322 g/mol. The molecule has 0 radical (unpaired) electrons. The third-order valence-electron chi connectivity index (χ3n) is 3.52. The summed E-state index contributed by atoms with van der Waals surface area (Å²) in [5, 5.41) is 16.9. The van der Waals surface area contributed by atoms with Crippen molar-refractivity contribution in [1.82, 2.24) is 25.1 Å². The third kappa shape index (κ3) is 2.46. The Morgan fingerprint density at radius 1 is 1.36 bits per heavy atom. The lowest BCUT2D eigenvalue weighted by molar-refractivity contribution is 0.0951. The molecule has 22 heavy (non-hydrogen) atoms. The first-order valence-corrected chi connectivity index (χ1v) is 8.15. The van der Waals surface area contributed by atoms with Crippen molar-refractivity contribution in [1.29, 1.82) is 0 Å². The highest BCUT2D eigenvalue weighted by Crippen LogP contribution is 2.39. The molecule has 0 aliphatic heterocycles. The molecule has 0 spiro atoms. The van der Waals surface area contributed by atoms with Gasteiger partial charge in [0.1, 0.15) is 5.01 Å². The van der Waals surface area contributed by atoms with Crippen LogP contribution < -0.4 is 5.32 Å². The summed E-state index contributed by atoms with van der Waals surface area (Å²) in [7, 11) is 0. The fourth-order valence-electron chi connectivity index (χ4n) is 2.24. The Labute approximate surface area is 135 Å². The Balaban J connectivity index is 1.49. The fraction of sp³-hybridized carbons (Fsp3) is 0.286. The molecule has 0 atom stereocenters. The van der Waals surface area contributed by atoms with E-state index in [9.17, 15) is 4.79 Å². The number of nitrogens with one attached hydrogen (secondary N) is 1. The maximum absolute atomic E-state index is 12.1. The molecule has 1 aliphatic rings. The molecule has 8 heteroatoms. The molecule has 1 aliphatic carbocycles. The number of rotatable bonds is 4. The maximum atomic E-state index is 12.1. The number of nitrogens with zero attached hydrogens (tertiary/aromatic N) is 4. The van der Waals surface area contributed by atoms with Crippen LogP contribution in [0.1, 0.15) is 39.9 Å². The Kier molecular flexibility index (Phi) is 3.31. The van der Waals surface area contributed by atoms with E-state index in [1.807, 2.05) is 0 Å². The minimum absolute atomic E-state index is 0.209. The van der Waals surface area contributed by atoms with Crippen molar-refractivity contribution in [3.05, 3.63) is 45.7 Å². The van der Waals surface area contributed by atoms with Gasteiger partial charge in [0, 0.05) is 5.92 Å². The predicted octanol–water partition coefficient (Wildman–Crippen LogP) is 2.65. The van der Waals surface area contributed by atoms with Gasteiger partial charge in [0.2, 0.25) is 4.96 Å². The highest BCUT2D eigenvalue weighted by Gasteiger charge is 2.30. The van der Waals surface area contributed by atoms with E-state index in [1.165, 1.54) is 11.3 Å². The number of carbonyl (C=O) groups is 1. The summed E-state index contributed by atoms with van der Waals surface area (Å²) in [6.07, 6.45) is 2.30. The number of fused-ring (bicyclic) bond motifs is 1. The number of hydrogen-bond donors (Lipinski definition) is 1. The van der Waals surface area contributed by atoms with Crippen molar-refractivity contribution in [2.24, 2.45) is 0 Å². The fourth-order valence-corrected chi connectivity index (χ4v) is 3.24. The van der Waals surface area contributed by atoms with E-state index >= 15 is 0 Å². The molecule has 4 rings (SSSR count). The molecule has 112 valence electrons. The Bertz CT molecular complexity index is 854. The van der Waals surface area contributed by atoms with Gasteiger partial charge in [-0.3, -0.25) is 4.79 Å². The van der Waals surface area contributed by atoms with E-state index in [0.717, 1.165) is 28.6 Å². The molecular formula is C14H12ClN5OS. The lowest BCUT2D eigenvalue weighted by Crippen LogP contribution is -2.23. The van der Waals surface area contributed by atoms with Crippen LogP contribution >= 0.6 is 22.9 Å². The lowest BCUT2D eigenvalue weighted by Gasteiger charge is -2.04. The first-order chi connectivity index (χ1) is 10.7. The van der Waals surface area contributed by atoms with Crippen LogP contribution in [0, 0.1) is 0 Å². The van der Waals surface area contributed by atoms with Crippen LogP contribution in [-0.4, -0.2) is 25.7 Å². The molecule has 1 saturated carbocycles. The van der Waals surface area contributed by atoms with Gasteiger partial charge < -0.3 is 5.32 Å². The molecule has 0 unspecified atom stereocenters. The van der Waals surface area contributed by atoms with Crippen molar-refractivity contribution < 1.29 is 4.79 Å². The SMILES string of the molecule is O=C(NCc1nn2c(C3CC3)nnc2s1)c1ccccc1Cl. The number of hydrogen-bond acceptors (Lipinski definition) is 5. The summed E-state index contributed by atoms with van der Waals surface area (Å²) < 4.78 is 1.79. The van der Waals surface area contributed by atoms with Gasteiger partial charge in [-0.1, -0.05) is 35.1 Å². The average Bonchev–Trinajstić information content (AvgIpc) is 3.15. The molecule has 1 fully saturated rings. The normalized spacial score (nSPS) is 14.4. The van der Waals surface area contributed by atoms with Gasteiger partial charge in [0.05, 0.1) is 17.1 Å². The maximum Gasteiger partial charge on any atom is 0.253 e. The zero-order chi connectivity index (χ0) is 15.1. The number of carbonyl (C=O) groups excluding carboxylic acids is 1. The van der Waals surface area contributed by atoms with Gasteiger partial charge >= 0.3 is 0 Å². The van der Waals surface area contributed by atoms with Crippen LogP contribution in [0.4, 0.5) is 0 Å². The van der Waals surface area contributed by atoms with Gasteiger partial charge in [0.25, 0.3) is 5.91 Å². The highest BCUT2D eigenvalue weighted by molar-refractivity contribution is 7.16. The van der Waals surface area contributed by atoms with Crippen LogP contribution in [0.15, 0.2) is 24.3 Å². The van der Waals surface area contributed by atoms with E-state index in [4.69, 9.17) is 11.6 Å². The Morgan fingerprint density at radius 3 is 2.95 bits per heavy atom. The van der Waals surface area contributed by atoms with E-state index < -0.39 is 0 Å². The largest absolute Gasteiger partial charge is 0.345 e. The summed E-state index contributed by atoms with van der Waals surface area (Å²) in [5.41, 5.74) is 0.464. The third-order valence-corrected chi connectivity index (χ3v) is 4.75. The van der Waals surface area contributed by atoms with Crippen LogP contribution in [0.3, 0.4) is 0 Å². The standard InChI is InChI=1S/C14H12ClN5OS/c15-10-4-2-1-3-9(10)13(21)16-7-11-19-20-12(8-5-6-8)17-18-14(20)22-11/h1-4,8H,5-7H2,(H,16,21). The molecule has 0 saturated heterocycles. The number of aromatic nitrogens is 4. The van der Waals surface area contributed by atoms with Gasteiger partial charge in [-0.15, -0.1) is 10.2 Å². The highest BCUT2D eigenvalue weighted by atomic mass is 35.5. The minimum atomic E-state index is -0.209. The van der Waals surface area contributed by atoms with Crippen molar-refractivity contribution in [3.63, 3.8) is 0 Å². The van der Waals surface area contributed by atoms with Crippen molar-refractivity contribution in [2.45, 2.75) is 25.3 Å². The van der Waals surface area contributed by atoms with Crippen LogP contribution in [0.25, 0.3) is 4.96 Å². The summed E-state index contributed by atoms with van der Waals surface area (Å²) in [5.74, 6) is 1.21. The predicted molar refractivity (Wildman–Crippen MR) is 83.3 cm³/mol. The second kappa shape index (κ2) is 5.33. The van der Waals surface area contributed by atoms with Gasteiger partial charge in [0.15, 0.2) is 5.82 Å². The molecule has 1 amide bonds. The van der Waals surface area contributed by atoms with Gasteiger partial charge in [-0.05, 0) is 25.0 Å². The van der Waals surface area contributed by atoms with Crippen molar-refractivity contribution >= 4 is 33.8 Å². The van der Waals surface area contributed by atoms with Crippen LogP contribution in [-0.2, 0) is 6.54 Å². The zero-order valence-corrected chi connectivity index (χ0v) is 13.1. The quantitative estimate of drug-likeness (QED) is 0.796. The summed E-state index contributed by atoms with van der Waals surface area (Å²) >= 11 is 7.45. The van der Waals surface area contributed by atoms with Gasteiger partial charge in [-0.2, -0.15) is 9.61 Å². The van der Waals surface area contributed by atoms with Crippen LogP contribution in [0.5, 0.6) is 0 Å². The zero-order valence-electron chi connectivity index (χ0n) is 11.5. The first kappa shape index (κ1) is 13.7. The number of amides is 1. The Morgan fingerprint density at radius 2 is 2.18 bits per heavy atom. The van der Waals surface area contributed by atoms with Gasteiger partial charge in [-0.25, -0.2) is 0 Å². The second-order valence-electron chi connectivity index (χ2n) is 5.19. The molecule has 3 aromatic rings. The van der Waals surface area contributed by atoms with E-state index in [-0.39, 0.29) is 5.91 Å². The average molecular weight is 334 g/mol. The molecule has 1 aromatic carbocycles. The number of benzene rings is 1. The second-order valence-corrected chi connectivity index (χ2v) is 6.63. The molecule has 6 nitrogen and oxygen atoms in total. The number of halogens is 1. The van der Waals surface area contributed by atoms with Crippen molar-refractivity contribution in [3.8, 4) is 0 Å². The summed E-state index contributed by atoms with van der Waals surface area (Å²) in [6.45, 7) is 0.349. The smallest absolute Gasteiger partial charge is 0.253 e. The summed E-state index contributed by atoms with van der Waals surface area (Å²) in [6, 6.07) is 6.97. The van der Waals surface area contributed by atoms with E-state index in [1.54, 1.807) is 28.8 Å². The van der Waals surface area contributed by atoms with E-state index in [0.29, 0.717) is 23.0 Å². The van der Waals surface area contributed by atoms with Crippen molar-refractivity contribution in [2.75, 3.05) is 0 Å². The monoisotopic (exact) mass is 333 g/mol. The first-order valence-electron chi connectivity index (χ1n) is 6.96. The summed E-state index contributed by atoms with van der Waals surface area (Å²) in [4.78, 5) is 12.9. The Hall–Kier alpha value is -1.99. The van der Waals surface area contributed by atoms with Crippen LogP contribution in [0.2, 0.25) is 5.02 Å². The molecule has 2 heterocycles. The van der Waals surface area contributed by atoms with E-state index in [2.05, 4.69) is 20.6 Å². The minimum Gasteiger partial charge on any atom is -0.345 e. The molecule has 1 N–H and O–H groups in total.